The third-order valence-corrected chi connectivity index (χ3v) is 6.20. The normalized spacial score (nSPS) is 35.4. The van der Waals surface area contributed by atoms with Crippen LogP contribution in [0.15, 0.2) is 35.5 Å². The second-order valence-electron chi connectivity index (χ2n) is 7.95. The molecular formula is C21H31NO3. The van der Waals surface area contributed by atoms with Gasteiger partial charge in [0, 0.05) is 6.61 Å². The van der Waals surface area contributed by atoms with Crippen LogP contribution in [0, 0.1) is 11.8 Å². The monoisotopic (exact) mass is 345 g/mol. The molecule has 0 aromatic carbocycles. The van der Waals surface area contributed by atoms with E-state index in [4.69, 9.17) is 9.84 Å². The van der Waals surface area contributed by atoms with E-state index in [-0.39, 0.29) is 11.6 Å². The third kappa shape index (κ3) is 4.17. The number of carbonyl (C=O) groups excluding carboxylic acids is 1. The van der Waals surface area contributed by atoms with Crippen LogP contribution in [0.1, 0.15) is 58.3 Å². The highest BCUT2D eigenvalue weighted by Crippen LogP contribution is 2.42. The fraction of sp³-hybridized carbons (Fsp3) is 0.667. The lowest BCUT2D eigenvalue weighted by atomic mass is 9.78. The Kier molecular flexibility index (Phi) is 5.67. The summed E-state index contributed by atoms with van der Waals surface area (Å²) in [7, 11) is 0. The van der Waals surface area contributed by atoms with E-state index in [2.05, 4.69) is 31.0 Å². The molecule has 138 valence electrons. The van der Waals surface area contributed by atoms with Crippen molar-refractivity contribution >= 4 is 6.09 Å². The third-order valence-electron chi connectivity index (χ3n) is 6.20. The number of rotatable bonds is 5. The number of allylic oxidation sites excluding steroid dienone is 5. The fourth-order valence-electron chi connectivity index (χ4n) is 4.68. The Hall–Kier alpha value is -1.55. The predicted molar refractivity (Wildman–Crippen MR) is 99.2 cm³/mol. The number of hydrogen-bond donors (Lipinski definition) is 2. The Morgan fingerprint density at radius 1 is 1.44 bits per heavy atom. The average molecular weight is 345 g/mol. The Balaban J connectivity index is 1.61. The number of nitrogens with one attached hydrogen (secondary N) is 1. The summed E-state index contributed by atoms with van der Waals surface area (Å²) in [6, 6.07) is 0. The molecule has 1 aliphatic heterocycles. The van der Waals surface area contributed by atoms with Gasteiger partial charge in [-0.2, -0.15) is 0 Å². The van der Waals surface area contributed by atoms with E-state index in [0.717, 1.165) is 44.9 Å². The summed E-state index contributed by atoms with van der Waals surface area (Å²) in [6.45, 7) is 7.27. The molecule has 4 heteroatoms. The Morgan fingerprint density at radius 2 is 2.28 bits per heavy atom. The standard InChI is InChI=1S/C21H31NO3/c1-3-17-12-16(5-4-10-23)6-7-18(17)11-15(2)19-8-9-21(13-19)14-25-20(24)22-21/h3,11,16,19,23H,2,4-10,12-14H2,1H3,(H,22,24)/b17-3-,18-11-/t16-,19-,21+/m0/s1. The van der Waals surface area contributed by atoms with Crippen molar-refractivity contribution in [3.8, 4) is 0 Å². The van der Waals surface area contributed by atoms with Crippen molar-refractivity contribution in [2.75, 3.05) is 13.2 Å². The smallest absolute Gasteiger partial charge is 0.407 e. The van der Waals surface area contributed by atoms with Gasteiger partial charge in [0.25, 0.3) is 0 Å². The molecule has 0 aromatic rings. The molecule has 1 saturated heterocycles. The number of ether oxygens (including phenoxy) is 1. The summed E-state index contributed by atoms with van der Waals surface area (Å²) in [5.74, 6) is 1.13. The molecule has 2 aliphatic carbocycles. The second kappa shape index (κ2) is 7.77. The molecule has 2 N–H and O–H groups in total. The Labute approximate surface area is 151 Å². The second-order valence-corrected chi connectivity index (χ2v) is 7.95. The van der Waals surface area contributed by atoms with Crippen molar-refractivity contribution < 1.29 is 14.6 Å². The topological polar surface area (TPSA) is 58.6 Å². The van der Waals surface area contributed by atoms with E-state index >= 15 is 0 Å². The molecule has 3 fully saturated rings. The van der Waals surface area contributed by atoms with Crippen molar-refractivity contribution in [2.24, 2.45) is 11.8 Å². The van der Waals surface area contributed by atoms with E-state index in [0.29, 0.717) is 25.0 Å². The van der Waals surface area contributed by atoms with Crippen molar-refractivity contribution in [3.63, 3.8) is 0 Å². The van der Waals surface area contributed by atoms with Gasteiger partial charge in [-0.15, -0.1) is 0 Å². The SMILES string of the molecule is C=C(/C=C1/CC[C@H](CCCO)C/C1=C/C)[C@H]1CC[C@]2(COC(=O)N2)C1. The van der Waals surface area contributed by atoms with Crippen LogP contribution in [0.2, 0.25) is 0 Å². The first kappa shape index (κ1) is 18.2. The summed E-state index contributed by atoms with van der Waals surface area (Å²) in [6.07, 6.45) is 12.7. The summed E-state index contributed by atoms with van der Waals surface area (Å²) in [4.78, 5) is 11.4. The van der Waals surface area contributed by atoms with Gasteiger partial charge >= 0.3 is 6.09 Å². The van der Waals surface area contributed by atoms with E-state index in [1.54, 1.807) is 0 Å². The van der Waals surface area contributed by atoms with Crippen LogP contribution in [0.5, 0.6) is 0 Å². The molecule has 3 atom stereocenters. The number of hydrogen-bond acceptors (Lipinski definition) is 3. The molecule has 1 heterocycles. The van der Waals surface area contributed by atoms with E-state index in [9.17, 15) is 4.79 Å². The van der Waals surface area contributed by atoms with Crippen LogP contribution in [0.3, 0.4) is 0 Å². The summed E-state index contributed by atoms with van der Waals surface area (Å²) < 4.78 is 5.13. The van der Waals surface area contributed by atoms with Gasteiger partial charge in [-0.25, -0.2) is 4.79 Å². The van der Waals surface area contributed by atoms with Crippen molar-refractivity contribution in [2.45, 2.75) is 63.8 Å². The van der Waals surface area contributed by atoms with Crippen LogP contribution in [-0.2, 0) is 4.74 Å². The molecule has 25 heavy (non-hydrogen) atoms. The molecular weight excluding hydrogens is 314 g/mol. The van der Waals surface area contributed by atoms with Crippen LogP contribution in [0.25, 0.3) is 0 Å². The number of amides is 1. The van der Waals surface area contributed by atoms with Gasteiger partial charge < -0.3 is 15.2 Å². The number of carbonyl (C=O) groups is 1. The van der Waals surface area contributed by atoms with Crippen LogP contribution < -0.4 is 5.32 Å². The zero-order valence-electron chi connectivity index (χ0n) is 15.4. The minimum atomic E-state index is -0.276. The summed E-state index contributed by atoms with van der Waals surface area (Å²) >= 11 is 0. The van der Waals surface area contributed by atoms with Crippen molar-refractivity contribution in [1.82, 2.24) is 5.32 Å². The van der Waals surface area contributed by atoms with Gasteiger partial charge in [0.1, 0.15) is 6.61 Å². The van der Waals surface area contributed by atoms with Gasteiger partial charge in [-0.05, 0) is 81.3 Å². The zero-order valence-corrected chi connectivity index (χ0v) is 15.4. The Bertz CT molecular complexity index is 592. The average Bonchev–Trinajstić information content (AvgIpc) is 3.20. The quantitative estimate of drug-likeness (QED) is 0.782. The van der Waals surface area contributed by atoms with Crippen LogP contribution in [-0.4, -0.2) is 30.0 Å². The minimum Gasteiger partial charge on any atom is -0.447 e. The zero-order chi connectivity index (χ0) is 17.9. The van der Waals surface area contributed by atoms with Crippen LogP contribution in [0.4, 0.5) is 4.79 Å². The lowest BCUT2D eigenvalue weighted by molar-refractivity contribution is 0.172. The number of aliphatic hydroxyl groups excluding tert-OH is 1. The molecule has 1 amide bonds. The number of cyclic esters (lactones) is 1. The molecule has 0 bridgehead atoms. The van der Waals surface area contributed by atoms with Gasteiger partial charge in [0.2, 0.25) is 0 Å². The first-order chi connectivity index (χ1) is 12.0. The van der Waals surface area contributed by atoms with Crippen molar-refractivity contribution in [1.29, 1.82) is 0 Å². The maximum Gasteiger partial charge on any atom is 0.407 e. The predicted octanol–water partition coefficient (Wildman–Crippen LogP) is 4.27. The molecule has 4 nitrogen and oxygen atoms in total. The maximum atomic E-state index is 11.4. The molecule has 1 spiro atoms. The lowest BCUT2D eigenvalue weighted by Gasteiger charge is -2.27. The summed E-state index contributed by atoms with van der Waals surface area (Å²) in [5.41, 5.74) is 3.91. The van der Waals surface area contributed by atoms with E-state index < -0.39 is 0 Å². The van der Waals surface area contributed by atoms with Crippen molar-refractivity contribution in [3.05, 3.63) is 35.5 Å². The molecule has 3 aliphatic rings. The molecule has 3 rings (SSSR count). The first-order valence-corrected chi connectivity index (χ1v) is 9.66. The highest BCUT2D eigenvalue weighted by Gasteiger charge is 2.46. The summed E-state index contributed by atoms with van der Waals surface area (Å²) in [5, 5.41) is 12.1. The molecule has 0 radical (unpaired) electrons. The first-order valence-electron chi connectivity index (χ1n) is 9.66. The molecule has 0 aromatic heterocycles. The molecule has 0 unspecified atom stereocenters. The fourth-order valence-corrected chi connectivity index (χ4v) is 4.68. The maximum absolute atomic E-state index is 11.4. The highest BCUT2D eigenvalue weighted by atomic mass is 16.6. The van der Waals surface area contributed by atoms with Gasteiger partial charge in [0.05, 0.1) is 5.54 Å². The largest absolute Gasteiger partial charge is 0.447 e. The lowest BCUT2D eigenvalue weighted by Crippen LogP contribution is -2.40. The number of aliphatic hydroxyl groups is 1. The number of alkyl carbamates (subject to hydrolysis) is 1. The molecule has 2 saturated carbocycles. The Morgan fingerprint density at radius 3 is 2.96 bits per heavy atom. The minimum absolute atomic E-state index is 0.158. The van der Waals surface area contributed by atoms with E-state index in [1.807, 2.05) is 0 Å². The highest BCUT2D eigenvalue weighted by molar-refractivity contribution is 5.70. The van der Waals surface area contributed by atoms with Crippen LogP contribution >= 0.6 is 0 Å². The van der Waals surface area contributed by atoms with Gasteiger partial charge in [-0.3, -0.25) is 0 Å². The van der Waals surface area contributed by atoms with Gasteiger partial charge in [-0.1, -0.05) is 24.3 Å². The van der Waals surface area contributed by atoms with E-state index in [1.165, 1.54) is 23.1 Å². The van der Waals surface area contributed by atoms with Gasteiger partial charge in [0.15, 0.2) is 0 Å².